The van der Waals surface area contributed by atoms with Crippen molar-refractivity contribution in [2.45, 2.75) is 0 Å². The molecule has 78 valence electrons. The van der Waals surface area contributed by atoms with Gasteiger partial charge in [-0.25, -0.2) is 4.79 Å². The van der Waals surface area contributed by atoms with Gasteiger partial charge in [-0.2, -0.15) is 0 Å². The molecule has 0 saturated heterocycles. The zero-order valence-corrected chi connectivity index (χ0v) is 8.41. The van der Waals surface area contributed by atoms with Crippen LogP contribution in [0.5, 0.6) is 0 Å². The predicted octanol–water partition coefficient (Wildman–Crippen LogP) is -0.0555. The monoisotopic (exact) mass is 219 g/mol. The molecule has 1 rings (SSSR count). The molecule has 0 aromatic heterocycles. The van der Waals surface area contributed by atoms with Crippen LogP contribution >= 0.6 is 11.8 Å². The number of nitrogens with one attached hydrogen (secondary N) is 2. The van der Waals surface area contributed by atoms with E-state index in [2.05, 4.69) is 15.8 Å². The average Bonchev–Trinajstić information content (AvgIpc) is 2.15. The van der Waals surface area contributed by atoms with Gasteiger partial charge in [-0.05, 0) is 4.64 Å². The van der Waals surface area contributed by atoms with Gasteiger partial charge in [0.05, 0.1) is 0 Å². The summed E-state index contributed by atoms with van der Waals surface area (Å²) in [6.45, 7) is 0. The summed E-state index contributed by atoms with van der Waals surface area (Å²) >= 11 is 5.60. The van der Waals surface area contributed by atoms with Crippen molar-refractivity contribution in [1.29, 1.82) is 0 Å². The molecule has 0 aliphatic carbocycles. The fraction of sp³-hybridized carbons (Fsp3) is 0.333. The van der Waals surface area contributed by atoms with E-state index >= 15 is 0 Å². The van der Waals surface area contributed by atoms with Crippen LogP contribution in [-0.2, 0) is 0 Å². The number of halogens is 1. The molecule has 14 heavy (non-hydrogen) atoms. The fourth-order valence-electron chi connectivity index (χ4n) is 0.813. The first-order chi connectivity index (χ1) is 6.54. The molecule has 0 saturated carbocycles. The Labute approximate surface area is 85.7 Å². The minimum atomic E-state index is -1.09. The number of amides is 1. The summed E-state index contributed by atoms with van der Waals surface area (Å²) in [5, 5.41) is 8.70. The van der Waals surface area contributed by atoms with Crippen LogP contribution in [0, 0.1) is 0 Å². The third kappa shape index (κ3) is 2.27. The number of rotatable bonds is 1. The number of carbonyl (C=O) groups is 1. The van der Waals surface area contributed by atoms with E-state index in [1.165, 1.54) is 13.1 Å². The summed E-state index contributed by atoms with van der Waals surface area (Å²) in [6.07, 6.45) is 0.429. The van der Waals surface area contributed by atoms with Crippen LogP contribution in [-0.4, -0.2) is 40.7 Å². The van der Waals surface area contributed by atoms with Crippen LogP contribution in [0.25, 0.3) is 0 Å². The molecule has 1 heterocycles. The maximum Gasteiger partial charge on any atom is 0.412 e. The van der Waals surface area contributed by atoms with Crippen LogP contribution in [0.3, 0.4) is 0 Å². The van der Waals surface area contributed by atoms with Gasteiger partial charge in [-0.3, -0.25) is 20.7 Å². The van der Waals surface area contributed by atoms with Gasteiger partial charge in [-0.1, -0.05) is 0 Å². The Hall–Kier alpha value is -1.47. The molecule has 0 spiro atoms. The first-order valence-electron chi connectivity index (χ1n) is 3.69. The summed E-state index contributed by atoms with van der Waals surface area (Å²) in [6, 6.07) is 0. The molecule has 7 nitrogen and oxygen atoms in total. The van der Waals surface area contributed by atoms with Crippen molar-refractivity contribution in [1.82, 2.24) is 20.4 Å². The molecule has 8 heteroatoms. The number of hydrazine groups is 2. The van der Waals surface area contributed by atoms with E-state index in [0.717, 1.165) is 9.54 Å². The number of hydrogen-bond donors (Lipinski definition) is 3. The zero-order valence-electron chi connectivity index (χ0n) is 7.65. The lowest BCUT2D eigenvalue weighted by Crippen LogP contribution is -2.51. The summed E-state index contributed by atoms with van der Waals surface area (Å²) in [4.78, 5) is 15.4. The lowest BCUT2D eigenvalue weighted by atomic mass is 10.4. The zero-order chi connectivity index (χ0) is 10.7. The fourth-order valence-corrected chi connectivity index (χ4v) is 0.986. The maximum absolute atomic E-state index is 10.6. The molecular weight excluding hydrogens is 210 g/mol. The van der Waals surface area contributed by atoms with Crippen LogP contribution in [0.4, 0.5) is 4.79 Å². The molecule has 1 aliphatic rings. The van der Waals surface area contributed by atoms with Gasteiger partial charge >= 0.3 is 6.09 Å². The third-order valence-electron chi connectivity index (χ3n) is 1.59. The van der Waals surface area contributed by atoms with Gasteiger partial charge in [0.25, 0.3) is 0 Å². The van der Waals surface area contributed by atoms with Gasteiger partial charge in [0.2, 0.25) is 0 Å². The van der Waals surface area contributed by atoms with Crippen molar-refractivity contribution in [2.75, 3.05) is 14.1 Å². The van der Waals surface area contributed by atoms with Crippen LogP contribution < -0.4 is 10.9 Å². The molecule has 1 aliphatic heterocycles. The van der Waals surface area contributed by atoms with Crippen molar-refractivity contribution < 1.29 is 9.90 Å². The first-order valence-corrected chi connectivity index (χ1v) is 4.02. The molecule has 0 bridgehead atoms. The van der Waals surface area contributed by atoms with Crippen molar-refractivity contribution in [2.24, 2.45) is 4.99 Å². The van der Waals surface area contributed by atoms with Crippen LogP contribution in [0.15, 0.2) is 16.9 Å². The van der Waals surface area contributed by atoms with E-state index in [9.17, 15) is 4.79 Å². The van der Waals surface area contributed by atoms with E-state index in [-0.39, 0.29) is 0 Å². The highest BCUT2D eigenvalue weighted by atomic mass is 35.5. The smallest absolute Gasteiger partial charge is 0.412 e. The SMILES string of the molecule is CN=C1C=C(N(C)C(=O)O)NN(Cl)N1. The molecule has 0 unspecified atom stereocenters. The van der Waals surface area contributed by atoms with Gasteiger partial charge in [0, 0.05) is 31.9 Å². The summed E-state index contributed by atoms with van der Waals surface area (Å²) < 4.78 is 0.997. The summed E-state index contributed by atoms with van der Waals surface area (Å²) in [5.74, 6) is 0.772. The lowest BCUT2D eigenvalue weighted by molar-refractivity contribution is 0.156. The van der Waals surface area contributed by atoms with Gasteiger partial charge < -0.3 is 5.11 Å². The molecule has 0 atom stereocenters. The van der Waals surface area contributed by atoms with Crippen molar-refractivity contribution >= 4 is 23.7 Å². The number of hydrogen-bond acceptors (Lipinski definition) is 4. The lowest BCUT2D eigenvalue weighted by Gasteiger charge is -2.28. The highest BCUT2D eigenvalue weighted by Gasteiger charge is 2.19. The second-order valence-electron chi connectivity index (χ2n) is 2.48. The second-order valence-corrected chi connectivity index (χ2v) is 2.82. The molecule has 0 radical (unpaired) electrons. The highest BCUT2D eigenvalue weighted by molar-refractivity contribution is 6.14. The van der Waals surface area contributed by atoms with Crippen molar-refractivity contribution in [3.8, 4) is 0 Å². The summed E-state index contributed by atoms with van der Waals surface area (Å²) in [5.41, 5.74) is 5.21. The van der Waals surface area contributed by atoms with E-state index in [4.69, 9.17) is 16.9 Å². The standard InChI is InChI=1S/C6H10ClN5O2/c1-8-4-3-5(10-12(7)9-4)11(2)6(13)14/h3,10H,1-2H3,(H,8,9)(H,13,14). The highest BCUT2D eigenvalue weighted by Crippen LogP contribution is 2.04. The topological polar surface area (TPSA) is 80.2 Å². The molecule has 0 aromatic carbocycles. The second kappa shape index (κ2) is 4.16. The number of nitrogens with zero attached hydrogens (tertiary/aromatic N) is 3. The Kier molecular flexibility index (Phi) is 3.15. The van der Waals surface area contributed by atoms with Crippen molar-refractivity contribution in [3.63, 3.8) is 0 Å². The largest absolute Gasteiger partial charge is 0.465 e. The Morgan fingerprint density at radius 3 is 2.86 bits per heavy atom. The van der Waals surface area contributed by atoms with E-state index < -0.39 is 6.09 Å². The molecule has 3 N–H and O–H groups in total. The van der Waals surface area contributed by atoms with E-state index in [1.807, 2.05) is 0 Å². The van der Waals surface area contributed by atoms with Gasteiger partial charge in [0.1, 0.15) is 11.7 Å². The van der Waals surface area contributed by atoms with Gasteiger partial charge in [-0.15, -0.1) is 0 Å². The normalized spacial score (nSPS) is 19.6. The van der Waals surface area contributed by atoms with E-state index in [0.29, 0.717) is 11.7 Å². The maximum atomic E-state index is 10.6. The predicted molar refractivity (Wildman–Crippen MR) is 51.2 cm³/mol. The van der Waals surface area contributed by atoms with E-state index in [1.54, 1.807) is 7.05 Å². The Balaban J connectivity index is 2.87. The molecular formula is C6H10ClN5O2. The third-order valence-corrected chi connectivity index (χ3v) is 1.76. The molecule has 0 fully saturated rings. The van der Waals surface area contributed by atoms with Crippen LogP contribution in [0.1, 0.15) is 0 Å². The van der Waals surface area contributed by atoms with Gasteiger partial charge in [0.15, 0.2) is 0 Å². The van der Waals surface area contributed by atoms with Crippen LogP contribution in [0.2, 0.25) is 0 Å². The minimum absolute atomic E-state index is 0.312. The van der Waals surface area contributed by atoms with Crippen molar-refractivity contribution in [3.05, 3.63) is 11.9 Å². The Morgan fingerprint density at radius 2 is 2.36 bits per heavy atom. The average molecular weight is 220 g/mol. The number of amidine groups is 1. The first kappa shape index (κ1) is 10.6. The molecule has 0 aromatic rings. The Bertz CT molecular complexity index is 303. The number of carboxylic acid groups (broad SMARTS) is 1. The Morgan fingerprint density at radius 1 is 1.71 bits per heavy atom. The quantitative estimate of drug-likeness (QED) is 0.539. The minimum Gasteiger partial charge on any atom is -0.465 e. The number of aliphatic imine (C=N–C) groups is 1. The molecule has 1 amide bonds. The summed E-state index contributed by atoms with van der Waals surface area (Å²) in [7, 11) is 2.96.